The molecule has 2 aliphatic rings. The van der Waals surface area contributed by atoms with Crippen LogP contribution in [0.15, 0.2) is 0 Å². The second-order valence-corrected chi connectivity index (χ2v) is 15.8. The number of hydrogen-bond donors (Lipinski definition) is 0. The average molecular weight is 649 g/mol. The standard InChI is InChI=1S/C31H54BrNO8/c1-23(41-26(36)27(2,3)32)18-33(16-12-10-14-24(34)30(8)19-37-28(4,5)38-20-30)17-13-11-15-25(35)31(9)21-39-29(6,7)40-22-31/h23H,10-22H2,1-9H3. The quantitative estimate of drug-likeness (QED) is 0.123. The maximum Gasteiger partial charge on any atom is 0.322 e. The summed E-state index contributed by atoms with van der Waals surface area (Å²) in [5.74, 6) is -1.29. The molecule has 2 heterocycles. The first kappa shape index (κ1) is 36.3. The number of ketones is 2. The van der Waals surface area contributed by atoms with Crippen molar-refractivity contribution in [1.29, 1.82) is 0 Å². The normalized spacial score (nSPS) is 22.2. The number of ether oxygens (including phenoxy) is 5. The van der Waals surface area contributed by atoms with Crippen LogP contribution in [-0.4, -0.2) is 90.5 Å². The zero-order valence-corrected chi connectivity index (χ0v) is 28.4. The van der Waals surface area contributed by atoms with E-state index in [2.05, 4.69) is 20.8 Å². The van der Waals surface area contributed by atoms with Gasteiger partial charge < -0.3 is 23.7 Å². The van der Waals surface area contributed by atoms with Gasteiger partial charge in [0.05, 0.1) is 37.3 Å². The van der Waals surface area contributed by atoms with Gasteiger partial charge in [-0.3, -0.25) is 19.3 Å². The highest BCUT2D eigenvalue weighted by molar-refractivity contribution is 9.10. The Kier molecular flexibility index (Phi) is 13.0. The van der Waals surface area contributed by atoms with Gasteiger partial charge in [0.25, 0.3) is 0 Å². The third-order valence-electron chi connectivity index (χ3n) is 7.86. The molecule has 1 atom stereocenters. The largest absolute Gasteiger partial charge is 0.460 e. The Bertz CT molecular complexity index is 823. The van der Waals surface area contributed by atoms with Crippen LogP contribution >= 0.6 is 15.9 Å². The fourth-order valence-electron chi connectivity index (χ4n) is 4.68. The Morgan fingerprint density at radius 2 is 1.12 bits per heavy atom. The van der Waals surface area contributed by atoms with Gasteiger partial charge in [0.2, 0.25) is 0 Å². The Labute approximate surface area is 255 Å². The van der Waals surface area contributed by atoms with Gasteiger partial charge in [0.15, 0.2) is 11.6 Å². The first-order valence-electron chi connectivity index (χ1n) is 15.0. The summed E-state index contributed by atoms with van der Waals surface area (Å²) >= 11 is 3.37. The smallest absolute Gasteiger partial charge is 0.322 e. The summed E-state index contributed by atoms with van der Waals surface area (Å²) in [7, 11) is 0. The molecule has 41 heavy (non-hydrogen) atoms. The molecule has 0 aromatic heterocycles. The molecule has 9 nitrogen and oxygen atoms in total. The topological polar surface area (TPSA) is 101 Å². The van der Waals surface area contributed by atoms with Crippen LogP contribution in [0.4, 0.5) is 0 Å². The number of esters is 1. The van der Waals surface area contributed by atoms with Crippen LogP contribution in [0.25, 0.3) is 0 Å². The Morgan fingerprint density at radius 1 is 0.756 bits per heavy atom. The highest BCUT2D eigenvalue weighted by Gasteiger charge is 2.42. The number of carbonyl (C=O) groups excluding carboxylic acids is 3. The van der Waals surface area contributed by atoms with Crippen LogP contribution in [0.2, 0.25) is 0 Å². The minimum atomic E-state index is -0.747. The maximum atomic E-state index is 13.0. The minimum absolute atomic E-state index is 0.160. The molecule has 0 amide bonds. The summed E-state index contributed by atoms with van der Waals surface area (Å²) in [5, 5.41) is 0. The van der Waals surface area contributed by atoms with Crippen LogP contribution in [0, 0.1) is 10.8 Å². The molecule has 1 unspecified atom stereocenters. The van der Waals surface area contributed by atoms with Gasteiger partial charge in [-0.2, -0.15) is 0 Å². The SMILES string of the molecule is CC(CN(CCCCC(=O)C1(C)COC(C)(C)OC1)CCCCC(=O)C1(C)COC(C)(C)OC1)OC(=O)C(C)(C)Br. The number of hydrogen-bond acceptors (Lipinski definition) is 9. The zero-order valence-electron chi connectivity index (χ0n) is 26.9. The van der Waals surface area contributed by atoms with Crippen LogP contribution in [-0.2, 0) is 38.1 Å². The zero-order chi connectivity index (χ0) is 31.1. The lowest BCUT2D eigenvalue weighted by Crippen LogP contribution is -2.49. The van der Waals surface area contributed by atoms with E-state index in [1.54, 1.807) is 13.8 Å². The number of carbonyl (C=O) groups is 3. The van der Waals surface area contributed by atoms with Crippen molar-refractivity contribution in [3.8, 4) is 0 Å². The number of Topliss-reactive ketones (excluding diaryl/α,β-unsaturated/α-hetero) is 2. The molecule has 2 saturated heterocycles. The Balaban J connectivity index is 1.84. The van der Waals surface area contributed by atoms with E-state index in [0.717, 1.165) is 38.8 Å². The first-order chi connectivity index (χ1) is 18.8. The van der Waals surface area contributed by atoms with Gasteiger partial charge in [-0.25, -0.2) is 0 Å². The molecule has 0 N–H and O–H groups in total. The average Bonchev–Trinajstić information content (AvgIpc) is 2.87. The summed E-state index contributed by atoms with van der Waals surface area (Å²) in [6.45, 7) is 20.3. The van der Waals surface area contributed by atoms with Gasteiger partial charge in [0.1, 0.15) is 22.0 Å². The lowest BCUT2D eigenvalue weighted by molar-refractivity contribution is -0.277. The van der Waals surface area contributed by atoms with Crippen molar-refractivity contribution in [2.45, 2.75) is 123 Å². The molecule has 0 bridgehead atoms. The van der Waals surface area contributed by atoms with Crippen LogP contribution < -0.4 is 0 Å². The van der Waals surface area contributed by atoms with E-state index >= 15 is 0 Å². The Morgan fingerprint density at radius 3 is 1.46 bits per heavy atom. The van der Waals surface area contributed by atoms with E-state index in [1.807, 2.05) is 48.5 Å². The van der Waals surface area contributed by atoms with Crippen molar-refractivity contribution in [3.63, 3.8) is 0 Å². The molecule has 0 aliphatic carbocycles. The van der Waals surface area contributed by atoms with Gasteiger partial charge in [-0.1, -0.05) is 15.9 Å². The van der Waals surface area contributed by atoms with Crippen molar-refractivity contribution in [3.05, 3.63) is 0 Å². The minimum Gasteiger partial charge on any atom is -0.460 e. The van der Waals surface area contributed by atoms with Gasteiger partial charge in [0, 0.05) is 19.4 Å². The molecular weight excluding hydrogens is 594 g/mol. The van der Waals surface area contributed by atoms with Gasteiger partial charge in [-0.05, 0) is 101 Å². The van der Waals surface area contributed by atoms with Crippen molar-refractivity contribution in [2.24, 2.45) is 10.8 Å². The monoisotopic (exact) mass is 647 g/mol. The highest BCUT2D eigenvalue weighted by atomic mass is 79.9. The van der Waals surface area contributed by atoms with Crippen LogP contribution in [0.3, 0.4) is 0 Å². The second-order valence-electron chi connectivity index (χ2n) is 13.8. The third-order valence-corrected chi connectivity index (χ3v) is 8.19. The number of nitrogens with zero attached hydrogens (tertiary/aromatic N) is 1. The maximum absolute atomic E-state index is 13.0. The summed E-state index contributed by atoms with van der Waals surface area (Å²) in [6.07, 6.45) is 3.82. The Hall–Kier alpha value is -0.910. The number of halogens is 1. The molecule has 0 radical (unpaired) electrons. The molecule has 0 saturated carbocycles. The van der Waals surface area contributed by atoms with E-state index < -0.39 is 26.7 Å². The van der Waals surface area contributed by atoms with E-state index in [0.29, 0.717) is 45.8 Å². The summed E-state index contributed by atoms with van der Waals surface area (Å²) in [4.78, 5) is 40.5. The molecule has 238 valence electrons. The van der Waals surface area contributed by atoms with E-state index in [9.17, 15) is 14.4 Å². The van der Waals surface area contributed by atoms with E-state index in [-0.39, 0.29) is 23.6 Å². The van der Waals surface area contributed by atoms with Gasteiger partial charge >= 0.3 is 5.97 Å². The van der Waals surface area contributed by atoms with Gasteiger partial charge in [-0.15, -0.1) is 0 Å². The predicted octanol–water partition coefficient (Wildman–Crippen LogP) is 5.45. The molecule has 10 heteroatoms. The summed E-state index contributed by atoms with van der Waals surface area (Å²) in [5.41, 5.74) is -1.23. The third kappa shape index (κ3) is 11.9. The number of unbranched alkanes of at least 4 members (excludes halogenated alkanes) is 2. The number of rotatable bonds is 16. The fraction of sp³-hybridized carbons (Fsp3) is 0.903. The van der Waals surface area contributed by atoms with Crippen LogP contribution in [0.1, 0.15) is 101 Å². The van der Waals surface area contributed by atoms with E-state index in [4.69, 9.17) is 23.7 Å². The number of alkyl halides is 1. The van der Waals surface area contributed by atoms with Crippen molar-refractivity contribution < 1.29 is 38.1 Å². The van der Waals surface area contributed by atoms with Crippen LogP contribution in [0.5, 0.6) is 0 Å². The molecular formula is C31H54BrNO8. The molecule has 2 aliphatic heterocycles. The molecule has 0 aromatic carbocycles. The molecule has 0 spiro atoms. The lowest BCUT2D eigenvalue weighted by Gasteiger charge is -2.40. The predicted molar refractivity (Wildman–Crippen MR) is 161 cm³/mol. The second kappa shape index (κ2) is 14.7. The highest BCUT2D eigenvalue weighted by Crippen LogP contribution is 2.32. The molecule has 0 aromatic rings. The first-order valence-corrected chi connectivity index (χ1v) is 15.8. The van der Waals surface area contributed by atoms with E-state index in [1.165, 1.54) is 0 Å². The molecule has 2 rings (SSSR count). The lowest BCUT2D eigenvalue weighted by atomic mass is 9.84. The molecule has 2 fully saturated rings. The van der Waals surface area contributed by atoms with Crippen molar-refractivity contribution >= 4 is 33.5 Å². The fourth-order valence-corrected chi connectivity index (χ4v) is 4.78. The summed E-state index contributed by atoms with van der Waals surface area (Å²) < 4.78 is 27.9. The van der Waals surface area contributed by atoms with Crippen molar-refractivity contribution in [2.75, 3.05) is 46.1 Å². The summed E-state index contributed by atoms with van der Waals surface area (Å²) in [6, 6.07) is 0. The van der Waals surface area contributed by atoms with Crippen molar-refractivity contribution in [1.82, 2.24) is 4.90 Å².